The Morgan fingerprint density at radius 3 is 2.57 bits per heavy atom. The Morgan fingerprint density at radius 2 is 1.86 bits per heavy atom. The van der Waals surface area contributed by atoms with Crippen molar-refractivity contribution in [2.45, 2.75) is 25.7 Å². The molecular formula is C20H18BrF3N2O2. The van der Waals surface area contributed by atoms with Crippen molar-refractivity contribution in [3.63, 3.8) is 0 Å². The van der Waals surface area contributed by atoms with Crippen molar-refractivity contribution in [2.24, 2.45) is 5.92 Å². The average Bonchev–Trinajstić information content (AvgIpc) is 3.00. The van der Waals surface area contributed by atoms with Crippen LogP contribution >= 0.6 is 15.9 Å². The maximum atomic E-state index is 12.8. The van der Waals surface area contributed by atoms with Gasteiger partial charge in [-0.2, -0.15) is 13.2 Å². The lowest BCUT2D eigenvalue weighted by atomic mass is 10.1. The first-order chi connectivity index (χ1) is 13.2. The summed E-state index contributed by atoms with van der Waals surface area (Å²) in [6.07, 6.45) is -4.33. The van der Waals surface area contributed by atoms with E-state index in [1.807, 2.05) is 24.3 Å². The Kier molecular flexibility index (Phi) is 6.07. The molecule has 8 heteroatoms. The van der Waals surface area contributed by atoms with Crippen LogP contribution in [0.3, 0.4) is 0 Å². The molecule has 1 aliphatic rings. The molecule has 2 aromatic carbocycles. The van der Waals surface area contributed by atoms with E-state index in [1.54, 1.807) is 4.90 Å². The summed E-state index contributed by atoms with van der Waals surface area (Å²) in [6.45, 7) is 0.689. The highest BCUT2D eigenvalue weighted by Gasteiger charge is 2.34. The summed E-state index contributed by atoms with van der Waals surface area (Å²) >= 11 is 3.38. The van der Waals surface area contributed by atoms with Gasteiger partial charge in [-0.05, 0) is 35.4 Å². The van der Waals surface area contributed by atoms with Crippen LogP contribution in [-0.2, 0) is 28.9 Å². The molecule has 1 heterocycles. The van der Waals surface area contributed by atoms with E-state index in [-0.39, 0.29) is 24.8 Å². The van der Waals surface area contributed by atoms with Gasteiger partial charge in [-0.25, -0.2) is 0 Å². The number of benzene rings is 2. The van der Waals surface area contributed by atoms with Crippen molar-refractivity contribution < 1.29 is 22.8 Å². The zero-order chi connectivity index (χ0) is 20.3. The smallest absolute Gasteiger partial charge is 0.352 e. The summed E-state index contributed by atoms with van der Waals surface area (Å²) in [7, 11) is 0. The number of hydrogen-bond acceptors (Lipinski definition) is 2. The molecule has 28 heavy (non-hydrogen) atoms. The number of nitrogens with zero attached hydrogens (tertiary/aromatic N) is 1. The normalized spacial score (nSPS) is 17.1. The molecule has 3 rings (SSSR count). The minimum Gasteiger partial charge on any atom is -0.352 e. The highest BCUT2D eigenvalue weighted by molar-refractivity contribution is 9.10. The number of alkyl halides is 3. The van der Waals surface area contributed by atoms with E-state index in [4.69, 9.17) is 0 Å². The maximum Gasteiger partial charge on any atom is 0.416 e. The van der Waals surface area contributed by atoms with E-state index < -0.39 is 17.7 Å². The second kappa shape index (κ2) is 8.34. The summed E-state index contributed by atoms with van der Waals surface area (Å²) in [6, 6.07) is 12.4. The molecule has 1 saturated heterocycles. The first-order valence-electron chi connectivity index (χ1n) is 8.68. The number of amides is 2. The van der Waals surface area contributed by atoms with E-state index in [0.29, 0.717) is 18.7 Å². The number of carbonyl (C=O) groups is 2. The van der Waals surface area contributed by atoms with Gasteiger partial charge >= 0.3 is 6.18 Å². The molecule has 148 valence electrons. The van der Waals surface area contributed by atoms with Gasteiger partial charge in [0.2, 0.25) is 11.8 Å². The fourth-order valence-corrected chi connectivity index (χ4v) is 3.59. The molecule has 1 aliphatic heterocycles. The summed E-state index contributed by atoms with van der Waals surface area (Å²) in [5.41, 5.74) is 0.557. The second-order valence-electron chi connectivity index (χ2n) is 6.72. The molecule has 0 spiro atoms. The lowest BCUT2D eigenvalue weighted by Crippen LogP contribution is -2.32. The monoisotopic (exact) mass is 454 g/mol. The third-order valence-electron chi connectivity index (χ3n) is 4.57. The Labute approximate surface area is 168 Å². The van der Waals surface area contributed by atoms with Gasteiger partial charge in [0.05, 0.1) is 11.5 Å². The van der Waals surface area contributed by atoms with Gasteiger partial charge in [-0.3, -0.25) is 9.59 Å². The number of hydrogen-bond donors (Lipinski definition) is 1. The van der Waals surface area contributed by atoms with Crippen LogP contribution in [0.4, 0.5) is 13.2 Å². The first kappa shape index (κ1) is 20.4. The number of carbonyl (C=O) groups excluding carboxylic acids is 2. The second-order valence-corrected chi connectivity index (χ2v) is 7.64. The average molecular weight is 455 g/mol. The van der Waals surface area contributed by atoms with Gasteiger partial charge in [0.25, 0.3) is 0 Å². The predicted octanol–water partition coefficient (Wildman–Crippen LogP) is 4.13. The lowest BCUT2D eigenvalue weighted by Gasteiger charge is -2.17. The van der Waals surface area contributed by atoms with Crippen LogP contribution in [-0.4, -0.2) is 23.3 Å². The third-order valence-corrected chi connectivity index (χ3v) is 5.06. The quantitative estimate of drug-likeness (QED) is 0.738. The van der Waals surface area contributed by atoms with E-state index >= 15 is 0 Å². The van der Waals surface area contributed by atoms with Crippen LogP contribution in [0.5, 0.6) is 0 Å². The van der Waals surface area contributed by atoms with Crippen molar-refractivity contribution in [3.05, 3.63) is 69.7 Å². The van der Waals surface area contributed by atoms with Crippen LogP contribution in [0.1, 0.15) is 23.1 Å². The minimum absolute atomic E-state index is 0.0148. The summed E-state index contributed by atoms with van der Waals surface area (Å²) in [4.78, 5) is 26.2. The topological polar surface area (TPSA) is 49.4 Å². The molecule has 0 bridgehead atoms. The molecular weight excluding hydrogens is 437 g/mol. The van der Waals surface area contributed by atoms with Crippen molar-refractivity contribution in [3.8, 4) is 0 Å². The van der Waals surface area contributed by atoms with Crippen molar-refractivity contribution in [2.75, 3.05) is 6.54 Å². The van der Waals surface area contributed by atoms with Crippen molar-refractivity contribution in [1.82, 2.24) is 10.2 Å². The Morgan fingerprint density at radius 1 is 1.14 bits per heavy atom. The van der Waals surface area contributed by atoms with Crippen LogP contribution in [0.2, 0.25) is 0 Å². The molecule has 0 radical (unpaired) electrons. The standard InChI is InChI=1S/C20H18BrF3N2O2/c21-17-6-2-4-14(8-17)11-26-12-15(9-18(26)27)19(28)25-10-13-3-1-5-16(7-13)20(22,23)24/h1-8,15H,9-12H2,(H,25,28). The highest BCUT2D eigenvalue weighted by Crippen LogP contribution is 2.29. The molecule has 0 aliphatic carbocycles. The number of nitrogens with one attached hydrogen (secondary N) is 1. The molecule has 1 unspecified atom stereocenters. The van der Waals surface area contributed by atoms with Gasteiger partial charge < -0.3 is 10.2 Å². The van der Waals surface area contributed by atoms with Gasteiger partial charge in [-0.1, -0.05) is 40.2 Å². The molecule has 0 aromatic heterocycles. The van der Waals surface area contributed by atoms with Crippen LogP contribution in [0.15, 0.2) is 53.0 Å². The summed E-state index contributed by atoms with van der Waals surface area (Å²) < 4.78 is 39.2. The Balaban J connectivity index is 1.56. The van der Waals surface area contributed by atoms with Crippen LogP contribution in [0.25, 0.3) is 0 Å². The SMILES string of the molecule is O=C(NCc1cccc(C(F)(F)F)c1)C1CC(=O)N(Cc2cccc(Br)c2)C1. The van der Waals surface area contributed by atoms with Crippen LogP contribution < -0.4 is 5.32 Å². The lowest BCUT2D eigenvalue weighted by molar-refractivity contribution is -0.137. The Hall–Kier alpha value is -2.35. The third kappa shape index (κ3) is 5.13. The van der Waals surface area contributed by atoms with Gasteiger partial charge in [0.1, 0.15) is 0 Å². The Bertz CT molecular complexity index is 886. The van der Waals surface area contributed by atoms with E-state index in [2.05, 4.69) is 21.2 Å². The number of rotatable bonds is 5. The summed E-state index contributed by atoms with van der Waals surface area (Å²) in [5.74, 6) is -0.952. The van der Waals surface area contributed by atoms with E-state index in [9.17, 15) is 22.8 Å². The van der Waals surface area contributed by atoms with Gasteiger partial charge in [0.15, 0.2) is 0 Å². The summed E-state index contributed by atoms with van der Waals surface area (Å²) in [5, 5.41) is 2.64. The van der Waals surface area contributed by atoms with E-state index in [1.165, 1.54) is 12.1 Å². The highest BCUT2D eigenvalue weighted by atomic mass is 79.9. The largest absolute Gasteiger partial charge is 0.416 e. The van der Waals surface area contributed by atoms with Gasteiger partial charge in [0, 0.05) is 30.5 Å². The molecule has 2 aromatic rings. The zero-order valence-electron chi connectivity index (χ0n) is 14.8. The molecule has 4 nitrogen and oxygen atoms in total. The fraction of sp³-hybridized carbons (Fsp3) is 0.300. The zero-order valence-corrected chi connectivity index (χ0v) is 16.4. The van der Waals surface area contributed by atoms with Crippen LogP contribution in [0, 0.1) is 5.92 Å². The van der Waals surface area contributed by atoms with E-state index in [0.717, 1.165) is 22.2 Å². The number of likely N-dealkylation sites (tertiary alicyclic amines) is 1. The molecule has 1 atom stereocenters. The predicted molar refractivity (Wildman–Crippen MR) is 101 cm³/mol. The molecule has 2 amide bonds. The van der Waals surface area contributed by atoms with Gasteiger partial charge in [-0.15, -0.1) is 0 Å². The fourth-order valence-electron chi connectivity index (χ4n) is 3.15. The molecule has 1 N–H and O–H groups in total. The van der Waals surface area contributed by atoms with Crippen molar-refractivity contribution >= 4 is 27.7 Å². The minimum atomic E-state index is -4.43. The van der Waals surface area contributed by atoms with Crippen molar-refractivity contribution in [1.29, 1.82) is 0 Å². The maximum absolute atomic E-state index is 12.8. The molecule has 0 saturated carbocycles. The molecule has 1 fully saturated rings. The number of halogens is 4. The first-order valence-corrected chi connectivity index (χ1v) is 9.48.